The molecule has 0 radical (unpaired) electrons. The van der Waals surface area contributed by atoms with Crippen LogP contribution in [0.15, 0.2) is 11.3 Å². The van der Waals surface area contributed by atoms with Gasteiger partial charge in [-0.25, -0.2) is 0 Å². The van der Waals surface area contributed by atoms with Gasteiger partial charge in [0.1, 0.15) is 0 Å². The molecule has 0 heterocycles. The number of rotatable bonds is 8. The number of aliphatic hydroxyl groups excluding tert-OH is 1. The average Bonchev–Trinajstić information content (AvgIpc) is 2.22. The summed E-state index contributed by atoms with van der Waals surface area (Å²) in [6.45, 7) is 15.1. The summed E-state index contributed by atoms with van der Waals surface area (Å²) in [6, 6.07) is 1.31. The molecule has 0 saturated carbocycles. The van der Waals surface area contributed by atoms with Crippen LogP contribution in [-0.2, 0) is 0 Å². The molecule has 102 valence electrons. The topological polar surface area (TPSA) is 20.2 Å². The molecule has 1 nitrogen and oxygen atoms in total. The van der Waals surface area contributed by atoms with E-state index in [0.717, 1.165) is 6.42 Å². The van der Waals surface area contributed by atoms with E-state index in [0.29, 0.717) is 6.61 Å². The number of allylic oxidation sites excluding steroid dienone is 2. The first-order chi connectivity index (χ1) is 7.72. The maximum Gasteiger partial charge on any atom is 0.0462 e. The molecule has 0 rings (SSSR count). The molecule has 1 N–H and O–H groups in total. The second-order valence-corrected chi connectivity index (χ2v) is 21.2. The molecule has 0 aliphatic rings. The maximum absolute atomic E-state index is 8.97. The minimum Gasteiger partial charge on any atom is -0.396 e. The number of aliphatic hydroxyl groups is 1. The lowest BCUT2D eigenvalue weighted by Gasteiger charge is -2.32. The van der Waals surface area contributed by atoms with E-state index in [1.165, 1.54) is 6.04 Å². The fourth-order valence-electron chi connectivity index (χ4n) is 2.71. The van der Waals surface area contributed by atoms with E-state index in [9.17, 15) is 0 Å². The van der Waals surface area contributed by atoms with Crippen LogP contribution in [0.25, 0.3) is 0 Å². The highest BCUT2D eigenvalue weighted by Crippen LogP contribution is 2.27. The summed E-state index contributed by atoms with van der Waals surface area (Å²) >= 11 is 0. The number of hydrogen-bond donors (Lipinski definition) is 1. The molecule has 0 spiro atoms. The van der Waals surface area contributed by atoms with E-state index in [2.05, 4.69) is 46.1 Å². The molecular formula is C13H32OSi3. The fourth-order valence-corrected chi connectivity index (χ4v) is 21.8. The van der Waals surface area contributed by atoms with E-state index < -0.39 is 16.1 Å². The third-order valence-electron chi connectivity index (χ3n) is 3.66. The predicted octanol–water partition coefficient (Wildman–Crippen LogP) is 3.37. The van der Waals surface area contributed by atoms with Crippen LogP contribution in [0.1, 0.15) is 20.3 Å². The average molecular weight is 289 g/mol. The van der Waals surface area contributed by atoms with Gasteiger partial charge in [0.25, 0.3) is 0 Å². The Hall–Kier alpha value is 0.351. The Morgan fingerprint density at radius 2 is 1.76 bits per heavy atom. The first-order valence-corrected chi connectivity index (χ1v) is 15.5. The third kappa shape index (κ3) is 8.99. The standard InChI is InChI=1S/C13H32OSi3/c1-7-13(2)15-11-17(5,6)12-16(3,4)10-8-9-14/h7,14H,8-12,15H2,1-6H3. The summed E-state index contributed by atoms with van der Waals surface area (Å²) in [5.41, 5.74) is 3.11. The number of hydrogen-bond acceptors (Lipinski definition) is 1. The van der Waals surface area contributed by atoms with Gasteiger partial charge in [0.2, 0.25) is 0 Å². The lowest BCUT2D eigenvalue weighted by molar-refractivity contribution is 0.294. The van der Waals surface area contributed by atoms with Gasteiger partial charge in [-0.3, -0.25) is 0 Å². The van der Waals surface area contributed by atoms with Crippen LogP contribution >= 0.6 is 0 Å². The molecule has 0 aromatic carbocycles. The molecule has 0 aliphatic heterocycles. The van der Waals surface area contributed by atoms with Gasteiger partial charge in [0, 0.05) is 32.3 Å². The Kier molecular flexibility index (Phi) is 7.87. The molecule has 0 unspecified atom stereocenters. The normalized spacial score (nSPS) is 14.9. The molecule has 4 heteroatoms. The zero-order valence-electron chi connectivity index (χ0n) is 12.8. The van der Waals surface area contributed by atoms with Gasteiger partial charge < -0.3 is 5.11 Å². The van der Waals surface area contributed by atoms with Gasteiger partial charge in [0.15, 0.2) is 0 Å². The predicted molar refractivity (Wildman–Crippen MR) is 89.1 cm³/mol. The Balaban J connectivity index is 4.22. The van der Waals surface area contributed by atoms with Crippen molar-refractivity contribution in [3.05, 3.63) is 11.3 Å². The van der Waals surface area contributed by atoms with Crippen molar-refractivity contribution in [1.82, 2.24) is 0 Å². The van der Waals surface area contributed by atoms with E-state index in [1.54, 1.807) is 16.5 Å². The van der Waals surface area contributed by atoms with Crippen LogP contribution in [-0.4, -0.2) is 37.4 Å². The lowest BCUT2D eigenvalue weighted by Crippen LogP contribution is -2.40. The molecule has 17 heavy (non-hydrogen) atoms. The van der Waals surface area contributed by atoms with Crippen LogP contribution in [0.4, 0.5) is 0 Å². The molecule has 0 saturated heterocycles. The van der Waals surface area contributed by atoms with E-state index in [1.807, 2.05) is 0 Å². The van der Waals surface area contributed by atoms with Crippen LogP contribution in [0.2, 0.25) is 43.6 Å². The van der Waals surface area contributed by atoms with Crippen LogP contribution < -0.4 is 0 Å². The first-order valence-electron chi connectivity index (χ1n) is 6.95. The second kappa shape index (κ2) is 7.71. The van der Waals surface area contributed by atoms with Crippen molar-refractivity contribution >= 4 is 25.7 Å². The highest BCUT2D eigenvalue weighted by atomic mass is 28.4. The Labute approximate surface area is 113 Å². The van der Waals surface area contributed by atoms with E-state index >= 15 is 0 Å². The monoisotopic (exact) mass is 288 g/mol. The zero-order chi connectivity index (χ0) is 13.5. The highest BCUT2D eigenvalue weighted by Gasteiger charge is 2.31. The molecule has 0 bridgehead atoms. The van der Waals surface area contributed by atoms with Crippen LogP contribution in [0.3, 0.4) is 0 Å². The Morgan fingerprint density at radius 3 is 2.24 bits per heavy atom. The molecule has 0 atom stereocenters. The summed E-state index contributed by atoms with van der Waals surface area (Å²) in [4.78, 5) is 0. The SMILES string of the molecule is CC=C(C)[SiH2]C[Si](C)(C)C[Si](C)(C)CCCO. The molecular weight excluding hydrogens is 256 g/mol. The van der Waals surface area contributed by atoms with Gasteiger partial charge in [-0.05, 0) is 20.3 Å². The minimum absolute atomic E-state index is 0.0391. The van der Waals surface area contributed by atoms with Crippen molar-refractivity contribution in [2.24, 2.45) is 0 Å². The van der Waals surface area contributed by atoms with Crippen molar-refractivity contribution in [2.75, 3.05) is 6.61 Å². The first kappa shape index (κ1) is 17.4. The van der Waals surface area contributed by atoms with Gasteiger partial charge in [-0.15, -0.1) is 0 Å². The molecule has 0 aromatic heterocycles. The van der Waals surface area contributed by atoms with Gasteiger partial charge in [-0.1, -0.05) is 54.8 Å². The van der Waals surface area contributed by atoms with Crippen LogP contribution in [0.5, 0.6) is 0 Å². The summed E-state index contributed by atoms with van der Waals surface area (Å²) in [6.07, 6.45) is 3.33. The summed E-state index contributed by atoms with van der Waals surface area (Å²) in [7, 11) is -1.97. The largest absolute Gasteiger partial charge is 0.396 e. The lowest BCUT2D eigenvalue weighted by atomic mass is 10.5. The second-order valence-electron chi connectivity index (χ2n) is 6.97. The van der Waals surface area contributed by atoms with E-state index in [4.69, 9.17) is 5.11 Å². The quantitative estimate of drug-likeness (QED) is 0.679. The Bertz CT molecular complexity index is 247. The van der Waals surface area contributed by atoms with Crippen molar-refractivity contribution < 1.29 is 5.11 Å². The molecule has 0 fully saturated rings. The van der Waals surface area contributed by atoms with Crippen LogP contribution in [0, 0.1) is 0 Å². The van der Waals surface area contributed by atoms with Gasteiger partial charge >= 0.3 is 0 Å². The minimum atomic E-state index is -1.04. The summed E-state index contributed by atoms with van der Waals surface area (Å²) < 4.78 is 0. The summed E-state index contributed by atoms with van der Waals surface area (Å²) in [5.74, 6) is 0. The molecule has 0 aliphatic carbocycles. The van der Waals surface area contributed by atoms with Crippen molar-refractivity contribution in [2.45, 2.75) is 63.8 Å². The summed E-state index contributed by atoms with van der Waals surface area (Å²) in [5, 5.41) is 10.6. The van der Waals surface area contributed by atoms with E-state index in [-0.39, 0.29) is 9.52 Å². The smallest absolute Gasteiger partial charge is 0.0462 e. The Morgan fingerprint density at radius 1 is 1.18 bits per heavy atom. The maximum atomic E-state index is 8.97. The third-order valence-corrected chi connectivity index (χ3v) is 20.6. The molecule has 0 amide bonds. The van der Waals surface area contributed by atoms with Crippen molar-refractivity contribution in [1.29, 1.82) is 0 Å². The van der Waals surface area contributed by atoms with Crippen molar-refractivity contribution in [3.63, 3.8) is 0 Å². The van der Waals surface area contributed by atoms with Gasteiger partial charge in [0.05, 0.1) is 0 Å². The molecule has 0 aromatic rings. The van der Waals surface area contributed by atoms with Gasteiger partial charge in [-0.2, -0.15) is 0 Å². The fraction of sp³-hybridized carbons (Fsp3) is 0.846. The zero-order valence-corrected chi connectivity index (χ0v) is 16.2. The highest BCUT2D eigenvalue weighted by molar-refractivity contribution is 6.98. The van der Waals surface area contributed by atoms with Crippen molar-refractivity contribution in [3.8, 4) is 0 Å².